The van der Waals surface area contributed by atoms with E-state index < -0.39 is 6.10 Å². The number of nitrogens with one attached hydrogen (secondary N) is 1. The van der Waals surface area contributed by atoms with Crippen LogP contribution >= 0.6 is 11.3 Å². The van der Waals surface area contributed by atoms with Crippen LogP contribution in [-0.2, 0) is 4.79 Å². The number of carbonyl (C=O) groups is 1. The van der Waals surface area contributed by atoms with Crippen molar-refractivity contribution in [2.45, 2.75) is 47.1 Å². The zero-order chi connectivity index (χ0) is 22.3. The summed E-state index contributed by atoms with van der Waals surface area (Å²) in [5, 5.41) is 18.3. The second-order valence-electron chi connectivity index (χ2n) is 6.10. The van der Waals surface area contributed by atoms with Gasteiger partial charge in [-0.1, -0.05) is 32.1 Å². The molecule has 30 heavy (non-hydrogen) atoms. The SMILES string of the molecule is CC.CC=O.CCC(O)c1cc(C)c(-c2cc3nc(NC)sc3n3ncnc23)cn1. The molecule has 0 aromatic carbocycles. The molecule has 0 aliphatic rings. The van der Waals surface area contributed by atoms with E-state index in [1.165, 1.54) is 18.3 Å². The second-order valence-corrected chi connectivity index (χ2v) is 7.07. The van der Waals surface area contributed by atoms with Gasteiger partial charge in [0.15, 0.2) is 10.8 Å². The summed E-state index contributed by atoms with van der Waals surface area (Å²) in [5.41, 5.74) is 5.25. The van der Waals surface area contributed by atoms with Crippen LogP contribution in [0.2, 0.25) is 0 Å². The molecule has 0 bridgehead atoms. The van der Waals surface area contributed by atoms with Gasteiger partial charge < -0.3 is 15.2 Å². The Morgan fingerprint density at radius 1 is 1.27 bits per heavy atom. The minimum atomic E-state index is -0.542. The van der Waals surface area contributed by atoms with Crippen molar-refractivity contribution in [2.75, 3.05) is 12.4 Å². The number of thiazole rings is 1. The minimum Gasteiger partial charge on any atom is -0.387 e. The van der Waals surface area contributed by atoms with Crippen LogP contribution in [0.25, 0.3) is 27.1 Å². The van der Waals surface area contributed by atoms with Crippen LogP contribution in [0, 0.1) is 6.92 Å². The number of fused-ring (bicyclic) bond motifs is 3. The smallest absolute Gasteiger partial charge is 0.185 e. The van der Waals surface area contributed by atoms with Crippen molar-refractivity contribution < 1.29 is 9.90 Å². The number of aryl methyl sites for hydroxylation is 1. The average Bonchev–Trinajstić information content (AvgIpc) is 3.41. The summed E-state index contributed by atoms with van der Waals surface area (Å²) in [7, 11) is 1.85. The molecule has 0 saturated heterocycles. The molecule has 1 unspecified atom stereocenters. The monoisotopic (exact) mass is 428 g/mol. The summed E-state index contributed by atoms with van der Waals surface area (Å²) in [6, 6.07) is 3.96. The minimum absolute atomic E-state index is 0.542. The lowest BCUT2D eigenvalue weighted by molar-refractivity contribution is -0.106. The van der Waals surface area contributed by atoms with Crippen molar-refractivity contribution in [1.82, 2.24) is 24.6 Å². The Kier molecular flexibility index (Phi) is 8.37. The lowest BCUT2D eigenvalue weighted by Gasteiger charge is -2.12. The Morgan fingerprint density at radius 2 is 1.97 bits per heavy atom. The van der Waals surface area contributed by atoms with Crippen molar-refractivity contribution in [1.29, 1.82) is 0 Å². The van der Waals surface area contributed by atoms with Gasteiger partial charge in [0.2, 0.25) is 0 Å². The fourth-order valence-electron chi connectivity index (χ4n) is 2.90. The zero-order valence-electron chi connectivity index (χ0n) is 18.2. The molecule has 8 nitrogen and oxygen atoms in total. The number of carbonyl (C=O) groups excluding carboxylic acids is 1. The summed E-state index contributed by atoms with van der Waals surface area (Å²) in [6.45, 7) is 9.39. The molecule has 4 rings (SSSR count). The molecular formula is C21H28N6O2S. The third-order valence-corrected chi connectivity index (χ3v) is 5.32. The number of nitrogens with zero attached hydrogens (tertiary/aromatic N) is 5. The third kappa shape index (κ3) is 4.63. The highest BCUT2D eigenvalue weighted by Gasteiger charge is 2.17. The molecule has 160 valence electrons. The Labute approximate surface area is 180 Å². The number of aromatic nitrogens is 5. The quantitative estimate of drug-likeness (QED) is 0.463. The lowest BCUT2D eigenvalue weighted by atomic mass is 10.0. The van der Waals surface area contributed by atoms with Crippen molar-refractivity contribution in [3.8, 4) is 11.1 Å². The largest absolute Gasteiger partial charge is 0.387 e. The van der Waals surface area contributed by atoms with E-state index in [-0.39, 0.29) is 0 Å². The third-order valence-electron chi connectivity index (χ3n) is 4.26. The molecular weight excluding hydrogens is 400 g/mol. The van der Waals surface area contributed by atoms with E-state index in [4.69, 9.17) is 4.79 Å². The van der Waals surface area contributed by atoms with E-state index in [0.717, 1.165) is 44.1 Å². The van der Waals surface area contributed by atoms with Gasteiger partial charge in [-0.2, -0.15) is 5.10 Å². The lowest BCUT2D eigenvalue weighted by Crippen LogP contribution is -2.01. The van der Waals surface area contributed by atoms with Crippen LogP contribution in [0.3, 0.4) is 0 Å². The first kappa shape index (κ1) is 23.4. The van der Waals surface area contributed by atoms with Gasteiger partial charge in [0.25, 0.3) is 0 Å². The van der Waals surface area contributed by atoms with Crippen LogP contribution < -0.4 is 5.32 Å². The Morgan fingerprint density at radius 3 is 2.57 bits per heavy atom. The van der Waals surface area contributed by atoms with Crippen molar-refractivity contribution in [3.63, 3.8) is 0 Å². The number of anilines is 1. The molecule has 4 aromatic rings. The van der Waals surface area contributed by atoms with Crippen LogP contribution in [0.4, 0.5) is 5.13 Å². The van der Waals surface area contributed by atoms with Gasteiger partial charge in [-0.15, -0.1) is 0 Å². The first-order valence-electron chi connectivity index (χ1n) is 9.89. The maximum atomic E-state index is 10.0. The van der Waals surface area contributed by atoms with Gasteiger partial charge in [-0.05, 0) is 38.0 Å². The molecule has 0 radical (unpaired) electrons. The summed E-state index contributed by atoms with van der Waals surface area (Å²) in [6.07, 6.45) is 4.19. The molecule has 2 N–H and O–H groups in total. The number of hydrogen-bond donors (Lipinski definition) is 2. The average molecular weight is 429 g/mol. The highest BCUT2D eigenvalue weighted by atomic mass is 32.1. The molecule has 0 aliphatic carbocycles. The first-order valence-corrected chi connectivity index (χ1v) is 10.7. The van der Waals surface area contributed by atoms with Gasteiger partial charge in [0.05, 0.1) is 11.8 Å². The van der Waals surface area contributed by atoms with E-state index in [2.05, 4.69) is 25.4 Å². The highest BCUT2D eigenvalue weighted by molar-refractivity contribution is 7.21. The van der Waals surface area contributed by atoms with E-state index in [0.29, 0.717) is 12.1 Å². The van der Waals surface area contributed by atoms with Gasteiger partial charge in [0.1, 0.15) is 23.0 Å². The number of aliphatic hydroxyl groups is 1. The Bertz CT molecular complexity index is 1120. The molecule has 4 aromatic heterocycles. The number of pyridine rings is 2. The van der Waals surface area contributed by atoms with E-state index in [9.17, 15) is 5.11 Å². The predicted molar refractivity (Wildman–Crippen MR) is 122 cm³/mol. The molecule has 0 fully saturated rings. The molecule has 9 heteroatoms. The number of rotatable bonds is 4. The summed E-state index contributed by atoms with van der Waals surface area (Å²) < 4.78 is 1.82. The van der Waals surface area contributed by atoms with Crippen LogP contribution in [-0.4, -0.2) is 43.0 Å². The molecule has 1 atom stereocenters. The highest BCUT2D eigenvalue weighted by Crippen LogP contribution is 2.34. The number of aliphatic hydroxyl groups excluding tert-OH is 1. The Hall–Kier alpha value is -2.91. The van der Waals surface area contributed by atoms with E-state index in [1.54, 1.807) is 12.5 Å². The second kappa shape index (κ2) is 10.7. The summed E-state index contributed by atoms with van der Waals surface area (Å²) >= 11 is 1.54. The summed E-state index contributed by atoms with van der Waals surface area (Å²) in [5.74, 6) is 0. The predicted octanol–water partition coefficient (Wildman–Crippen LogP) is 4.43. The van der Waals surface area contributed by atoms with Gasteiger partial charge >= 0.3 is 0 Å². The number of hydrogen-bond acceptors (Lipinski definition) is 8. The van der Waals surface area contributed by atoms with Crippen molar-refractivity contribution >= 4 is 38.7 Å². The Balaban J connectivity index is 0.000000590. The fourth-order valence-corrected chi connectivity index (χ4v) is 3.76. The van der Waals surface area contributed by atoms with Gasteiger partial charge in [-0.25, -0.2) is 14.5 Å². The zero-order valence-corrected chi connectivity index (χ0v) is 19.0. The maximum absolute atomic E-state index is 10.0. The van der Waals surface area contributed by atoms with Crippen molar-refractivity contribution in [3.05, 3.63) is 35.9 Å². The fraction of sp³-hybridized carbons (Fsp3) is 0.381. The number of aldehydes is 1. The standard InChI is InChI=1S/C17H18N6OS.C2H4O.C2H6/c1-4-14(24)12-5-9(2)11(7-19-12)10-6-13-16(25-17(18-3)22-13)23-15(10)20-8-21-23;1-2-3;1-2/h5-8,14,24H,4H2,1-3H3,(H,18,22);2H,1H3;1-2H3. The molecule has 0 aliphatic heterocycles. The van der Waals surface area contributed by atoms with Crippen molar-refractivity contribution in [2.24, 2.45) is 0 Å². The van der Waals surface area contributed by atoms with Crippen LogP contribution in [0.1, 0.15) is 51.5 Å². The molecule has 4 heterocycles. The topological polar surface area (TPSA) is 105 Å². The molecule has 0 spiro atoms. The maximum Gasteiger partial charge on any atom is 0.185 e. The van der Waals surface area contributed by atoms with Gasteiger partial charge in [-0.3, -0.25) is 4.98 Å². The first-order chi connectivity index (χ1) is 14.5. The normalized spacial score (nSPS) is 11.3. The van der Waals surface area contributed by atoms with Gasteiger partial charge in [0, 0.05) is 24.4 Å². The van der Waals surface area contributed by atoms with Crippen LogP contribution in [0.5, 0.6) is 0 Å². The summed E-state index contributed by atoms with van der Waals surface area (Å²) in [4.78, 5) is 23.2. The van der Waals surface area contributed by atoms with Crippen LogP contribution in [0.15, 0.2) is 24.7 Å². The van der Waals surface area contributed by atoms with E-state index in [1.807, 2.05) is 51.4 Å². The molecule has 0 saturated carbocycles. The van der Waals surface area contributed by atoms with E-state index >= 15 is 0 Å². The molecule has 0 amide bonds.